The minimum absolute atomic E-state index is 1.02. The number of rotatable bonds is 3. The van der Waals surface area contributed by atoms with Crippen LogP contribution < -0.4 is 0 Å². The molecule has 0 saturated carbocycles. The van der Waals surface area contributed by atoms with Gasteiger partial charge in [-0.25, -0.2) is 4.98 Å². The molecule has 27 heavy (non-hydrogen) atoms. The summed E-state index contributed by atoms with van der Waals surface area (Å²) in [4.78, 5) is 6.29. The summed E-state index contributed by atoms with van der Waals surface area (Å²) in [5, 5.41) is 3.28. The van der Waals surface area contributed by atoms with E-state index in [1.165, 1.54) is 16.0 Å². The lowest BCUT2D eigenvalue weighted by molar-refractivity contribution is 1.39. The lowest BCUT2D eigenvalue weighted by Gasteiger charge is -2.12. The first-order valence-corrected chi connectivity index (χ1v) is 9.86. The van der Waals surface area contributed by atoms with E-state index in [4.69, 9.17) is 4.98 Å². The summed E-state index contributed by atoms with van der Waals surface area (Å²) in [6.07, 6.45) is 0. The van der Waals surface area contributed by atoms with Crippen LogP contribution in [0.2, 0.25) is 0 Å². The van der Waals surface area contributed by atoms with Gasteiger partial charge in [0.2, 0.25) is 0 Å². The molecule has 2 aromatic heterocycles. The quantitative estimate of drug-likeness (QED) is 0.328. The van der Waals surface area contributed by atoms with E-state index in [9.17, 15) is 0 Å². The number of nitrogens with zero attached hydrogens (tertiary/aromatic N) is 1. The minimum atomic E-state index is 1.02. The predicted octanol–water partition coefficient (Wildman–Crippen LogP) is 7.30. The highest BCUT2D eigenvalue weighted by molar-refractivity contribution is 7.13. The molecule has 0 N–H and O–H groups in total. The van der Waals surface area contributed by atoms with Crippen LogP contribution in [0.1, 0.15) is 0 Å². The third-order valence-corrected chi connectivity index (χ3v) is 5.69. The Hall–Kier alpha value is -3.23. The van der Waals surface area contributed by atoms with Gasteiger partial charge in [0.15, 0.2) is 0 Å². The Bertz CT molecular complexity index is 1190. The average molecular weight is 363 g/mol. The minimum Gasteiger partial charge on any atom is -0.247 e. The Morgan fingerprint density at radius 2 is 1.33 bits per heavy atom. The highest BCUT2D eigenvalue weighted by Gasteiger charge is 2.11. The maximum absolute atomic E-state index is 5.00. The highest BCUT2D eigenvalue weighted by atomic mass is 32.1. The second kappa shape index (κ2) is 6.82. The fourth-order valence-electron chi connectivity index (χ4n) is 3.41. The molecule has 0 spiro atoms. The van der Waals surface area contributed by atoms with Gasteiger partial charge in [-0.1, -0.05) is 78.9 Å². The van der Waals surface area contributed by atoms with Gasteiger partial charge in [0, 0.05) is 21.4 Å². The molecule has 0 radical (unpaired) electrons. The van der Waals surface area contributed by atoms with Gasteiger partial charge < -0.3 is 0 Å². The zero-order valence-electron chi connectivity index (χ0n) is 14.7. The molecule has 2 heterocycles. The topological polar surface area (TPSA) is 12.9 Å². The molecule has 0 fully saturated rings. The first-order valence-electron chi connectivity index (χ1n) is 8.98. The Balaban J connectivity index is 1.69. The lowest BCUT2D eigenvalue weighted by atomic mass is 9.96. The molecule has 0 aliphatic heterocycles. The van der Waals surface area contributed by atoms with Gasteiger partial charge in [-0.15, -0.1) is 11.3 Å². The van der Waals surface area contributed by atoms with E-state index < -0.39 is 0 Å². The molecular weight excluding hydrogens is 346 g/mol. The molecule has 0 saturated heterocycles. The van der Waals surface area contributed by atoms with Crippen molar-refractivity contribution in [1.82, 2.24) is 4.98 Å². The normalized spacial score (nSPS) is 11.0. The molecule has 2 heteroatoms. The van der Waals surface area contributed by atoms with Crippen molar-refractivity contribution in [3.8, 4) is 32.8 Å². The largest absolute Gasteiger partial charge is 0.247 e. The van der Waals surface area contributed by atoms with Crippen LogP contribution in [-0.4, -0.2) is 4.98 Å². The molecule has 0 aliphatic carbocycles. The number of fused-ring (bicyclic) bond motifs is 1. The van der Waals surface area contributed by atoms with Crippen molar-refractivity contribution in [2.24, 2.45) is 0 Å². The molecule has 0 aliphatic rings. The molecular formula is C25H17NS. The maximum atomic E-state index is 5.00. The van der Waals surface area contributed by atoms with Crippen LogP contribution in [0.3, 0.4) is 0 Å². The van der Waals surface area contributed by atoms with E-state index in [0.29, 0.717) is 0 Å². The summed E-state index contributed by atoms with van der Waals surface area (Å²) in [5.74, 6) is 0. The van der Waals surface area contributed by atoms with Crippen molar-refractivity contribution >= 4 is 22.2 Å². The Morgan fingerprint density at radius 1 is 0.593 bits per heavy atom. The SMILES string of the molecule is c1ccc(-c2nc3ccccc3cc2-c2ccc(-c3cccs3)cc2)cc1. The second-order valence-corrected chi connectivity index (χ2v) is 7.45. The number of thiophene rings is 1. The third kappa shape index (κ3) is 3.05. The number of pyridine rings is 1. The zero-order valence-corrected chi connectivity index (χ0v) is 15.5. The monoisotopic (exact) mass is 363 g/mol. The van der Waals surface area contributed by atoms with Gasteiger partial charge >= 0.3 is 0 Å². The standard InChI is InChI=1S/C25H17NS/c1-2-7-20(8-3-1)25-22(17-21-9-4-5-10-23(21)26-25)18-12-14-19(15-13-18)24-11-6-16-27-24/h1-17H. The van der Waals surface area contributed by atoms with Crippen LogP contribution in [0.5, 0.6) is 0 Å². The lowest BCUT2D eigenvalue weighted by Crippen LogP contribution is -1.91. The van der Waals surface area contributed by atoms with E-state index in [1.54, 1.807) is 11.3 Å². The molecule has 0 bridgehead atoms. The number of aromatic nitrogens is 1. The summed E-state index contributed by atoms with van der Waals surface area (Å²) in [7, 11) is 0. The Morgan fingerprint density at radius 3 is 2.11 bits per heavy atom. The summed E-state index contributed by atoms with van der Waals surface area (Å²) in [6, 6.07) is 34.0. The van der Waals surface area contributed by atoms with Gasteiger partial charge in [-0.05, 0) is 34.7 Å². The van der Waals surface area contributed by atoms with Gasteiger partial charge in [-0.2, -0.15) is 0 Å². The second-order valence-electron chi connectivity index (χ2n) is 6.50. The van der Waals surface area contributed by atoms with Crippen LogP contribution in [0.15, 0.2) is 102 Å². The third-order valence-electron chi connectivity index (χ3n) is 4.77. The summed E-state index contributed by atoms with van der Waals surface area (Å²) in [5.41, 5.74) is 6.79. The summed E-state index contributed by atoms with van der Waals surface area (Å²) in [6.45, 7) is 0. The van der Waals surface area contributed by atoms with Crippen LogP contribution in [0.4, 0.5) is 0 Å². The zero-order chi connectivity index (χ0) is 18.1. The van der Waals surface area contributed by atoms with Crippen molar-refractivity contribution in [3.05, 3.63) is 102 Å². The number of hydrogen-bond donors (Lipinski definition) is 0. The molecule has 5 rings (SSSR count). The Labute approximate surface area is 162 Å². The molecule has 0 atom stereocenters. The van der Waals surface area contributed by atoms with E-state index in [2.05, 4.69) is 90.3 Å². The molecule has 3 aromatic carbocycles. The van der Waals surface area contributed by atoms with Crippen LogP contribution in [-0.2, 0) is 0 Å². The number of benzene rings is 3. The fourth-order valence-corrected chi connectivity index (χ4v) is 4.14. The maximum Gasteiger partial charge on any atom is 0.0788 e. The molecule has 5 aromatic rings. The number of para-hydroxylation sites is 1. The van der Waals surface area contributed by atoms with Gasteiger partial charge in [0.1, 0.15) is 0 Å². The summed E-state index contributed by atoms with van der Waals surface area (Å²) < 4.78 is 0. The smallest absolute Gasteiger partial charge is 0.0788 e. The predicted molar refractivity (Wildman–Crippen MR) is 116 cm³/mol. The number of hydrogen-bond acceptors (Lipinski definition) is 2. The summed E-state index contributed by atoms with van der Waals surface area (Å²) >= 11 is 1.77. The van der Waals surface area contributed by atoms with Crippen molar-refractivity contribution < 1.29 is 0 Å². The van der Waals surface area contributed by atoms with E-state index >= 15 is 0 Å². The molecule has 128 valence electrons. The van der Waals surface area contributed by atoms with Crippen molar-refractivity contribution in [3.63, 3.8) is 0 Å². The van der Waals surface area contributed by atoms with Gasteiger partial charge in [0.25, 0.3) is 0 Å². The molecule has 0 amide bonds. The molecule has 1 nitrogen and oxygen atoms in total. The highest BCUT2D eigenvalue weighted by Crippen LogP contribution is 2.35. The van der Waals surface area contributed by atoms with E-state index in [1.807, 2.05) is 12.1 Å². The van der Waals surface area contributed by atoms with Crippen LogP contribution >= 0.6 is 11.3 Å². The van der Waals surface area contributed by atoms with Gasteiger partial charge in [-0.3, -0.25) is 0 Å². The van der Waals surface area contributed by atoms with Crippen molar-refractivity contribution in [2.45, 2.75) is 0 Å². The van der Waals surface area contributed by atoms with Crippen molar-refractivity contribution in [1.29, 1.82) is 0 Å². The van der Waals surface area contributed by atoms with Crippen molar-refractivity contribution in [2.75, 3.05) is 0 Å². The first-order chi connectivity index (χ1) is 13.4. The molecule has 0 unspecified atom stereocenters. The van der Waals surface area contributed by atoms with Crippen LogP contribution in [0, 0.1) is 0 Å². The van der Waals surface area contributed by atoms with E-state index in [0.717, 1.165) is 27.7 Å². The van der Waals surface area contributed by atoms with Crippen LogP contribution in [0.25, 0.3) is 43.7 Å². The van der Waals surface area contributed by atoms with Gasteiger partial charge in [0.05, 0.1) is 11.2 Å². The Kier molecular flexibility index (Phi) is 4.04. The first kappa shape index (κ1) is 16.0. The fraction of sp³-hybridized carbons (Fsp3) is 0. The van der Waals surface area contributed by atoms with E-state index in [-0.39, 0.29) is 0 Å². The average Bonchev–Trinajstić information content (AvgIpc) is 3.28.